The SMILES string of the molecule is CCOC(c1cc2c(C(F)F)cc([C@@H](C)N)cc2[nH]1)[Si](C)(C)C. The Labute approximate surface area is 137 Å². The van der Waals surface area contributed by atoms with Crippen LogP contribution in [0.2, 0.25) is 19.6 Å². The summed E-state index contributed by atoms with van der Waals surface area (Å²) in [6.45, 7) is 11.0. The normalized spacial score (nSPS) is 15.3. The minimum Gasteiger partial charge on any atom is -0.376 e. The Kier molecular flexibility index (Phi) is 5.28. The van der Waals surface area contributed by atoms with Crippen molar-refractivity contribution in [1.82, 2.24) is 4.98 Å². The van der Waals surface area contributed by atoms with Crippen LogP contribution in [0.3, 0.4) is 0 Å². The Morgan fingerprint density at radius 1 is 1.22 bits per heavy atom. The van der Waals surface area contributed by atoms with Crippen LogP contribution in [0, 0.1) is 0 Å². The van der Waals surface area contributed by atoms with Crippen LogP contribution in [0.15, 0.2) is 18.2 Å². The van der Waals surface area contributed by atoms with Gasteiger partial charge < -0.3 is 15.5 Å². The number of aromatic amines is 1. The van der Waals surface area contributed by atoms with E-state index in [1.54, 1.807) is 6.92 Å². The van der Waals surface area contributed by atoms with Crippen LogP contribution in [0.5, 0.6) is 0 Å². The second kappa shape index (κ2) is 6.71. The number of halogens is 2. The number of hydrogen-bond acceptors (Lipinski definition) is 2. The summed E-state index contributed by atoms with van der Waals surface area (Å²) in [5, 5.41) is 0.558. The van der Waals surface area contributed by atoms with E-state index < -0.39 is 14.5 Å². The minimum absolute atomic E-state index is 0.0307. The van der Waals surface area contributed by atoms with Gasteiger partial charge in [-0.2, -0.15) is 0 Å². The number of ether oxygens (including phenoxy) is 1. The van der Waals surface area contributed by atoms with Gasteiger partial charge in [-0.1, -0.05) is 19.6 Å². The van der Waals surface area contributed by atoms with E-state index in [4.69, 9.17) is 10.5 Å². The molecule has 1 unspecified atom stereocenters. The van der Waals surface area contributed by atoms with E-state index in [0.717, 1.165) is 5.69 Å². The Hall–Kier alpha value is -1.24. The van der Waals surface area contributed by atoms with Gasteiger partial charge in [0.25, 0.3) is 6.43 Å². The Bertz CT molecular complexity index is 677. The second-order valence-corrected chi connectivity index (χ2v) is 12.3. The van der Waals surface area contributed by atoms with Crippen molar-refractivity contribution in [3.05, 3.63) is 35.0 Å². The minimum atomic E-state index is -2.53. The molecule has 3 N–H and O–H groups in total. The summed E-state index contributed by atoms with van der Waals surface area (Å²) in [7, 11) is -1.66. The molecule has 0 radical (unpaired) electrons. The summed E-state index contributed by atoms with van der Waals surface area (Å²) >= 11 is 0. The first-order chi connectivity index (χ1) is 10.6. The predicted octanol–water partition coefficient (Wildman–Crippen LogP) is 5.08. The number of benzene rings is 1. The number of nitrogens with one attached hydrogen (secondary N) is 1. The van der Waals surface area contributed by atoms with Gasteiger partial charge in [0.2, 0.25) is 0 Å². The summed E-state index contributed by atoms with van der Waals surface area (Å²) in [4.78, 5) is 3.30. The summed E-state index contributed by atoms with van der Waals surface area (Å²) in [5.74, 6) is 0. The third kappa shape index (κ3) is 3.81. The van der Waals surface area contributed by atoms with E-state index >= 15 is 0 Å². The Morgan fingerprint density at radius 3 is 2.35 bits per heavy atom. The van der Waals surface area contributed by atoms with E-state index in [1.165, 1.54) is 6.07 Å². The van der Waals surface area contributed by atoms with Gasteiger partial charge in [0.15, 0.2) is 0 Å². The van der Waals surface area contributed by atoms with E-state index in [9.17, 15) is 8.78 Å². The summed E-state index contributed by atoms with van der Waals surface area (Å²) in [6, 6.07) is 4.91. The van der Waals surface area contributed by atoms with Crippen molar-refractivity contribution in [3.63, 3.8) is 0 Å². The van der Waals surface area contributed by atoms with Crippen LogP contribution in [-0.4, -0.2) is 19.7 Å². The van der Waals surface area contributed by atoms with Gasteiger partial charge in [0, 0.05) is 34.8 Å². The lowest BCUT2D eigenvalue weighted by atomic mass is 10.0. The van der Waals surface area contributed by atoms with Gasteiger partial charge in [0.05, 0.1) is 13.8 Å². The fraction of sp³-hybridized carbons (Fsp3) is 0.529. The number of H-pyrrole nitrogens is 1. The van der Waals surface area contributed by atoms with Crippen molar-refractivity contribution in [2.75, 3.05) is 6.61 Å². The van der Waals surface area contributed by atoms with E-state index in [-0.39, 0.29) is 17.3 Å². The molecule has 6 heteroatoms. The zero-order valence-corrected chi connectivity index (χ0v) is 15.4. The molecule has 0 amide bonds. The van der Waals surface area contributed by atoms with Crippen molar-refractivity contribution >= 4 is 19.0 Å². The quantitative estimate of drug-likeness (QED) is 0.720. The van der Waals surface area contributed by atoms with Crippen LogP contribution < -0.4 is 5.73 Å². The number of aromatic nitrogens is 1. The molecular formula is C17H26F2N2OSi. The average Bonchev–Trinajstić information content (AvgIpc) is 2.84. The first-order valence-electron chi connectivity index (χ1n) is 7.97. The zero-order valence-electron chi connectivity index (χ0n) is 14.4. The fourth-order valence-corrected chi connectivity index (χ4v) is 4.62. The molecule has 0 spiro atoms. The smallest absolute Gasteiger partial charge is 0.264 e. The first-order valence-corrected chi connectivity index (χ1v) is 11.5. The largest absolute Gasteiger partial charge is 0.376 e. The molecule has 0 aliphatic heterocycles. The molecule has 0 aliphatic carbocycles. The lowest BCUT2D eigenvalue weighted by Gasteiger charge is -2.27. The van der Waals surface area contributed by atoms with Crippen molar-refractivity contribution in [1.29, 1.82) is 0 Å². The molecule has 2 atom stereocenters. The van der Waals surface area contributed by atoms with E-state index in [1.807, 2.05) is 19.1 Å². The molecule has 2 aromatic rings. The summed E-state index contributed by atoms with van der Waals surface area (Å²) < 4.78 is 32.8. The topological polar surface area (TPSA) is 51.0 Å². The molecule has 0 aliphatic rings. The van der Waals surface area contributed by atoms with Gasteiger partial charge >= 0.3 is 0 Å². The summed E-state index contributed by atoms with van der Waals surface area (Å²) in [6.07, 6.45) is -2.53. The maximum atomic E-state index is 13.5. The molecule has 2 rings (SSSR count). The zero-order chi connectivity index (χ0) is 17.4. The molecule has 1 aromatic heterocycles. The van der Waals surface area contributed by atoms with Crippen LogP contribution in [0.1, 0.15) is 48.9 Å². The molecular weight excluding hydrogens is 314 g/mol. The Morgan fingerprint density at radius 2 is 1.87 bits per heavy atom. The van der Waals surface area contributed by atoms with Gasteiger partial charge in [0.1, 0.15) is 0 Å². The molecule has 1 aromatic carbocycles. The molecule has 0 fully saturated rings. The van der Waals surface area contributed by atoms with Crippen molar-refractivity contribution < 1.29 is 13.5 Å². The molecule has 0 bridgehead atoms. The molecule has 3 nitrogen and oxygen atoms in total. The third-order valence-corrected chi connectivity index (χ3v) is 6.03. The Balaban J connectivity index is 2.62. The van der Waals surface area contributed by atoms with Crippen molar-refractivity contribution in [2.24, 2.45) is 5.73 Å². The maximum Gasteiger partial charge on any atom is 0.264 e. The highest BCUT2D eigenvalue weighted by molar-refractivity contribution is 6.77. The molecule has 1 heterocycles. The number of rotatable bonds is 6. The average molecular weight is 340 g/mol. The molecule has 0 saturated carbocycles. The predicted molar refractivity (Wildman–Crippen MR) is 93.6 cm³/mol. The lowest BCUT2D eigenvalue weighted by molar-refractivity contribution is 0.110. The third-order valence-electron chi connectivity index (χ3n) is 3.98. The highest BCUT2D eigenvalue weighted by atomic mass is 28.3. The molecule has 128 valence electrons. The van der Waals surface area contributed by atoms with Gasteiger partial charge in [-0.25, -0.2) is 8.78 Å². The number of fused-ring (bicyclic) bond motifs is 1. The van der Waals surface area contributed by atoms with Crippen LogP contribution in [-0.2, 0) is 4.74 Å². The standard InChI is InChI=1S/C17H26F2N2OSi/c1-6-22-17(23(3,4)5)15-9-12-13(16(18)19)7-11(10(2)20)8-14(12)21-15/h7-10,16-17,21H,6,20H2,1-5H3/t10-,17?/m1/s1. The fourth-order valence-electron chi connectivity index (χ4n) is 2.87. The first kappa shape index (κ1) is 18.1. The number of hydrogen-bond donors (Lipinski definition) is 2. The number of nitrogens with two attached hydrogens (primary N) is 1. The van der Waals surface area contributed by atoms with Crippen LogP contribution in [0.4, 0.5) is 8.78 Å². The van der Waals surface area contributed by atoms with Gasteiger partial charge in [-0.15, -0.1) is 0 Å². The highest BCUT2D eigenvalue weighted by Gasteiger charge is 2.31. The van der Waals surface area contributed by atoms with E-state index in [0.29, 0.717) is 23.1 Å². The van der Waals surface area contributed by atoms with E-state index in [2.05, 4.69) is 24.6 Å². The highest BCUT2D eigenvalue weighted by Crippen LogP contribution is 2.35. The van der Waals surface area contributed by atoms with Crippen molar-refractivity contribution in [2.45, 2.75) is 51.7 Å². The van der Waals surface area contributed by atoms with Crippen LogP contribution >= 0.6 is 0 Å². The van der Waals surface area contributed by atoms with Gasteiger partial charge in [-0.3, -0.25) is 0 Å². The van der Waals surface area contributed by atoms with Gasteiger partial charge in [-0.05, 0) is 37.6 Å². The summed E-state index contributed by atoms with van der Waals surface area (Å²) in [5.41, 5.74) is 8.15. The monoisotopic (exact) mass is 340 g/mol. The molecule has 0 saturated heterocycles. The molecule has 23 heavy (non-hydrogen) atoms. The maximum absolute atomic E-state index is 13.5. The van der Waals surface area contributed by atoms with Crippen LogP contribution in [0.25, 0.3) is 10.9 Å². The second-order valence-electron chi connectivity index (χ2n) is 7.09. The van der Waals surface area contributed by atoms with Crippen molar-refractivity contribution in [3.8, 4) is 0 Å². The number of alkyl halides is 2. The lowest BCUT2D eigenvalue weighted by Crippen LogP contribution is -2.33.